The first-order chi connectivity index (χ1) is 10.5. The van der Waals surface area contributed by atoms with Crippen molar-refractivity contribution in [1.29, 1.82) is 0 Å². The van der Waals surface area contributed by atoms with E-state index in [0.717, 1.165) is 23.5 Å². The lowest BCUT2D eigenvalue weighted by atomic mass is 9.43. The van der Waals surface area contributed by atoms with Crippen molar-refractivity contribution in [3.05, 3.63) is 47.8 Å². The van der Waals surface area contributed by atoms with Crippen molar-refractivity contribution >= 4 is 0 Å². The highest BCUT2D eigenvalue weighted by Crippen LogP contribution is 2.68. The number of hydrogen-bond acceptors (Lipinski definition) is 3. The molecule has 0 saturated heterocycles. The zero-order valence-electron chi connectivity index (χ0n) is 13.4. The third kappa shape index (κ3) is 1.60. The second kappa shape index (κ2) is 4.39. The summed E-state index contributed by atoms with van der Waals surface area (Å²) in [7, 11) is 0. The summed E-state index contributed by atoms with van der Waals surface area (Å²) < 4.78 is 0. The van der Waals surface area contributed by atoms with Gasteiger partial charge in [0, 0.05) is 6.20 Å². The van der Waals surface area contributed by atoms with Crippen LogP contribution in [0.25, 0.3) is 11.4 Å². The van der Waals surface area contributed by atoms with E-state index in [4.69, 9.17) is 4.98 Å². The van der Waals surface area contributed by atoms with Gasteiger partial charge in [-0.3, -0.25) is 4.98 Å². The molecule has 2 aromatic rings. The normalized spacial score (nSPS) is 31.3. The Labute approximate surface area is 131 Å². The molecule has 2 aromatic heterocycles. The van der Waals surface area contributed by atoms with Crippen molar-refractivity contribution in [2.24, 2.45) is 11.3 Å². The van der Waals surface area contributed by atoms with Gasteiger partial charge >= 0.3 is 0 Å². The maximum absolute atomic E-state index is 11.4. The number of pyridine rings is 2. The van der Waals surface area contributed by atoms with Gasteiger partial charge in [0.25, 0.3) is 0 Å². The first kappa shape index (κ1) is 13.9. The van der Waals surface area contributed by atoms with Crippen LogP contribution < -0.4 is 0 Å². The summed E-state index contributed by atoms with van der Waals surface area (Å²) in [5, 5.41) is 11.4. The van der Waals surface area contributed by atoms with E-state index in [1.165, 1.54) is 5.56 Å². The molecular weight excluding hydrogens is 272 g/mol. The molecule has 2 heterocycles. The molecule has 1 saturated carbocycles. The molecule has 0 unspecified atom stereocenters. The summed E-state index contributed by atoms with van der Waals surface area (Å²) >= 11 is 0. The lowest BCUT2D eigenvalue weighted by molar-refractivity contribution is -0.161. The van der Waals surface area contributed by atoms with Crippen LogP contribution >= 0.6 is 0 Å². The molecule has 22 heavy (non-hydrogen) atoms. The Morgan fingerprint density at radius 2 is 2.00 bits per heavy atom. The average Bonchev–Trinajstić information content (AvgIpc) is 2.55. The molecule has 3 aliphatic carbocycles. The molecule has 3 atom stereocenters. The fourth-order valence-corrected chi connectivity index (χ4v) is 4.60. The predicted octanol–water partition coefficient (Wildman–Crippen LogP) is 3.88. The molecule has 2 bridgehead atoms. The third-order valence-electron chi connectivity index (χ3n) is 6.02. The first-order valence-corrected chi connectivity index (χ1v) is 8.13. The largest absolute Gasteiger partial charge is 0.383 e. The smallest absolute Gasteiger partial charge is 0.110 e. The molecule has 0 aromatic carbocycles. The molecule has 0 amide bonds. The third-order valence-corrected chi connectivity index (χ3v) is 6.02. The molecule has 3 nitrogen and oxygen atoms in total. The van der Waals surface area contributed by atoms with Crippen LogP contribution in [0.1, 0.15) is 50.8 Å². The fraction of sp³-hybridized carbons (Fsp3) is 0.474. The molecule has 0 aliphatic heterocycles. The minimum atomic E-state index is -0.807. The van der Waals surface area contributed by atoms with Crippen LogP contribution in [0.15, 0.2) is 36.5 Å². The molecule has 1 fully saturated rings. The molecule has 1 N–H and O–H groups in total. The van der Waals surface area contributed by atoms with E-state index >= 15 is 0 Å². The van der Waals surface area contributed by atoms with Crippen LogP contribution in [0.4, 0.5) is 0 Å². The zero-order chi connectivity index (χ0) is 15.5. The highest BCUT2D eigenvalue weighted by atomic mass is 16.3. The molecular formula is C19H22N2O. The van der Waals surface area contributed by atoms with Gasteiger partial charge in [-0.05, 0) is 53.9 Å². The Morgan fingerprint density at radius 1 is 1.18 bits per heavy atom. The zero-order valence-corrected chi connectivity index (χ0v) is 13.4. The van der Waals surface area contributed by atoms with Crippen molar-refractivity contribution in [2.75, 3.05) is 0 Å². The predicted molar refractivity (Wildman–Crippen MR) is 86.3 cm³/mol. The van der Waals surface area contributed by atoms with Gasteiger partial charge in [-0.25, -0.2) is 4.98 Å². The summed E-state index contributed by atoms with van der Waals surface area (Å²) in [6.45, 7) is 6.62. The summed E-state index contributed by atoms with van der Waals surface area (Å²) in [5.74, 6) is 0.818. The van der Waals surface area contributed by atoms with Crippen LogP contribution in [0, 0.1) is 11.3 Å². The average molecular weight is 294 g/mol. The highest BCUT2D eigenvalue weighted by Gasteiger charge is 2.63. The molecule has 3 aliphatic rings. The Hall–Kier alpha value is -1.74. The maximum atomic E-state index is 11.4. The van der Waals surface area contributed by atoms with E-state index in [0.29, 0.717) is 18.3 Å². The van der Waals surface area contributed by atoms with Gasteiger partial charge in [0.05, 0.1) is 17.1 Å². The fourth-order valence-electron chi connectivity index (χ4n) is 4.60. The Balaban J connectivity index is 1.89. The van der Waals surface area contributed by atoms with Gasteiger partial charge in [0.1, 0.15) is 5.60 Å². The van der Waals surface area contributed by atoms with Crippen LogP contribution in [0.2, 0.25) is 0 Å². The topological polar surface area (TPSA) is 46.0 Å². The monoisotopic (exact) mass is 294 g/mol. The Kier molecular flexibility index (Phi) is 2.77. The van der Waals surface area contributed by atoms with Crippen molar-refractivity contribution in [2.45, 2.75) is 45.1 Å². The minimum Gasteiger partial charge on any atom is -0.383 e. The summed E-state index contributed by atoms with van der Waals surface area (Å²) in [5.41, 5.74) is 3.19. The summed E-state index contributed by atoms with van der Waals surface area (Å²) in [6.07, 6.45) is 3.57. The SMILES string of the molecule is CC[C@@]1(O)c2nc(-c3ccccn3)ccc2[C@H]2C[C@@H]1C2(C)C. The van der Waals surface area contributed by atoms with Crippen molar-refractivity contribution in [1.82, 2.24) is 9.97 Å². The van der Waals surface area contributed by atoms with Crippen LogP contribution in [0.3, 0.4) is 0 Å². The number of aliphatic hydroxyl groups is 1. The van der Waals surface area contributed by atoms with E-state index < -0.39 is 5.60 Å². The van der Waals surface area contributed by atoms with E-state index in [1.807, 2.05) is 24.3 Å². The molecule has 5 rings (SSSR count). The van der Waals surface area contributed by atoms with E-state index in [-0.39, 0.29) is 5.41 Å². The Bertz CT molecular complexity index is 725. The van der Waals surface area contributed by atoms with Gasteiger partial charge < -0.3 is 5.11 Å². The molecule has 114 valence electrons. The number of aromatic nitrogens is 2. The van der Waals surface area contributed by atoms with Gasteiger partial charge in [-0.2, -0.15) is 0 Å². The number of rotatable bonds is 2. The number of nitrogens with zero attached hydrogens (tertiary/aromatic N) is 2. The maximum Gasteiger partial charge on any atom is 0.110 e. The van der Waals surface area contributed by atoms with Crippen LogP contribution in [-0.2, 0) is 5.60 Å². The minimum absolute atomic E-state index is 0.159. The summed E-state index contributed by atoms with van der Waals surface area (Å²) in [4.78, 5) is 9.23. The van der Waals surface area contributed by atoms with Gasteiger partial charge in [0.2, 0.25) is 0 Å². The highest BCUT2D eigenvalue weighted by molar-refractivity contribution is 5.56. The molecule has 0 radical (unpaired) electrons. The lowest BCUT2D eigenvalue weighted by Crippen LogP contribution is -2.59. The van der Waals surface area contributed by atoms with Gasteiger partial charge in [-0.1, -0.05) is 32.9 Å². The van der Waals surface area contributed by atoms with E-state index in [9.17, 15) is 5.11 Å². The van der Waals surface area contributed by atoms with Gasteiger partial charge in [-0.15, -0.1) is 0 Å². The second-order valence-corrected chi connectivity index (χ2v) is 7.29. The van der Waals surface area contributed by atoms with E-state index in [2.05, 4.69) is 31.8 Å². The Morgan fingerprint density at radius 3 is 2.64 bits per heavy atom. The summed E-state index contributed by atoms with van der Waals surface area (Å²) in [6, 6.07) is 10.0. The van der Waals surface area contributed by atoms with Crippen molar-refractivity contribution < 1.29 is 5.11 Å². The van der Waals surface area contributed by atoms with Crippen molar-refractivity contribution in [3.63, 3.8) is 0 Å². The van der Waals surface area contributed by atoms with E-state index in [1.54, 1.807) is 6.20 Å². The molecule has 3 heteroatoms. The van der Waals surface area contributed by atoms with Gasteiger partial charge in [0.15, 0.2) is 0 Å². The molecule has 0 spiro atoms. The van der Waals surface area contributed by atoms with Crippen molar-refractivity contribution in [3.8, 4) is 11.4 Å². The second-order valence-electron chi connectivity index (χ2n) is 7.29. The lowest BCUT2D eigenvalue weighted by Gasteiger charge is -2.63. The number of hydrogen-bond donors (Lipinski definition) is 1. The quantitative estimate of drug-likeness (QED) is 0.914. The first-order valence-electron chi connectivity index (χ1n) is 8.13. The standard InChI is InChI=1S/C19H22N2O/c1-4-19(22)16-11-13(18(16,2)3)12-8-9-15(21-17(12)19)14-7-5-6-10-20-14/h5-10,13,16,22H,4,11H2,1-3H3/t13-,16-,19+/m1/s1. The van der Waals surface area contributed by atoms with Crippen LogP contribution in [-0.4, -0.2) is 15.1 Å². The van der Waals surface area contributed by atoms with Crippen LogP contribution in [0.5, 0.6) is 0 Å².